The van der Waals surface area contributed by atoms with Crippen LogP contribution in [-0.4, -0.2) is 38.4 Å². The van der Waals surface area contributed by atoms with Crippen molar-refractivity contribution in [3.05, 3.63) is 45.6 Å². The number of fused-ring (bicyclic) bond motifs is 1. The van der Waals surface area contributed by atoms with E-state index in [2.05, 4.69) is 46.3 Å². The van der Waals surface area contributed by atoms with Crippen molar-refractivity contribution in [2.45, 2.75) is 64.3 Å². The zero-order valence-corrected chi connectivity index (χ0v) is 19.0. The summed E-state index contributed by atoms with van der Waals surface area (Å²) in [4.78, 5) is 0. The maximum absolute atomic E-state index is 5.68. The first-order valence-corrected chi connectivity index (χ1v) is 11.9. The van der Waals surface area contributed by atoms with Crippen LogP contribution in [0.1, 0.15) is 55.7 Å². The van der Waals surface area contributed by atoms with E-state index in [0.29, 0.717) is 6.04 Å². The van der Waals surface area contributed by atoms with Gasteiger partial charge >= 0.3 is 0 Å². The molecule has 0 saturated carbocycles. The monoisotopic (exact) mass is 416 g/mol. The Balaban J connectivity index is 1.65. The molecule has 1 unspecified atom stereocenters. The van der Waals surface area contributed by atoms with Crippen molar-refractivity contribution in [1.82, 2.24) is 10.4 Å². The summed E-state index contributed by atoms with van der Waals surface area (Å²) in [6.07, 6.45) is 9.52. The summed E-state index contributed by atoms with van der Waals surface area (Å²) >= 11 is 1.78. The normalized spacial score (nSPS) is 16.1. The quantitative estimate of drug-likeness (QED) is 0.378. The predicted octanol–water partition coefficient (Wildman–Crippen LogP) is 5.25. The maximum Gasteiger partial charge on any atom is 0.164 e. The molecule has 0 fully saturated rings. The van der Waals surface area contributed by atoms with E-state index in [-0.39, 0.29) is 0 Å². The maximum atomic E-state index is 5.68. The lowest BCUT2D eigenvalue weighted by atomic mass is 9.87. The van der Waals surface area contributed by atoms with Gasteiger partial charge in [0.15, 0.2) is 11.5 Å². The first-order valence-electron chi connectivity index (χ1n) is 11.0. The molecule has 0 bridgehead atoms. The molecule has 5 heteroatoms. The van der Waals surface area contributed by atoms with Gasteiger partial charge in [-0.15, -0.1) is 0 Å². The van der Waals surface area contributed by atoms with Gasteiger partial charge in [-0.2, -0.15) is 11.3 Å². The molecule has 4 nitrogen and oxygen atoms in total. The van der Waals surface area contributed by atoms with Crippen LogP contribution in [-0.2, 0) is 19.3 Å². The zero-order chi connectivity index (χ0) is 20.5. The number of unbranched alkanes of at least 4 members (excludes halogenated alkanes) is 3. The second-order valence-corrected chi connectivity index (χ2v) is 8.66. The summed E-state index contributed by atoms with van der Waals surface area (Å²) in [5.74, 6) is 1.76. The van der Waals surface area contributed by atoms with E-state index in [1.165, 1.54) is 42.4 Å². The van der Waals surface area contributed by atoms with Gasteiger partial charge in [0.1, 0.15) is 0 Å². The molecule has 0 saturated heterocycles. The summed E-state index contributed by atoms with van der Waals surface area (Å²) in [7, 11) is 3.46. The van der Waals surface area contributed by atoms with Gasteiger partial charge in [0.25, 0.3) is 0 Å². The van der Waals surface area contributed by atoms with Gasteiger partial charge in [-0.05, 0) is 66.1 Å². The number of thiophene rings is 1. The van der Waals surface area contributed by atoms with Crippen molar-refractivity contribution < 1.29 is 9.47 Å². The van der Waals surface area contributed by atoms with Crippen LogP contribution in [0.3, 0.4) is 0 Å². The molecule has 1 N–H and O–H groups in total. The Labute approximate surface area is 180 Å². The number of ether oxygens (including phenoxy) is 2. The van der Waals surface area contributed by atoms with Gasteiger partial charge in [0.2, 0.25) is 0 Å². The van der Waals surface area contributed by atoms with Crippen LogP contribution < -0.4 is 14.9 Å². The molecule has 1 aliphatic carbocycles. The lowest BCUT2D eigenvalue weighted by Crippen LogP contribution is -2.49. The van der Waals surface area contributed by atoms with E-state index < -0.39 is 0 Å². The summed E-state index contributed by atoms with van der Waals surface area (Å²) in [5.41, 5.74) is 7.92. The number of rotatable bonds is 12. The van der Waals surface area contributed by atoms with Gasteiger partial charge in [0, 0.05) is 24.7 Å². The fraction of sp³-hybridized carbons (Fsp3) is 0.583. The minimum Gasteiger partial charge on any atom is -0.493 e. The minimum atomic E-state index is 0.532. The SMILES string of the molecule is CCCCCCN(NCCc1ccsc1)C1CCc2c(ccc(OC)c2OC)C1. The number of benzene rings is 1. The molecule has 1 heterocycles. The lowest BCUT2D eigenvalue weighted by molar-refractivity contribution is 0.109. The molecule has 3 rings (SSSR count). The number of hydrogen-bond donors (Lipinski definition) is 1. The van der Waals surface area contributed by atoms with Crippen LogP contribution in [0.5, 0.6) is 11.5 Å². The Hall–Kier alpha value is -1.56. The fourth-order valence-corrected chi connectivity index (χ4v) is 5.01. The summed E-state index contributed by atoms with van der Waals surface area (Å²) in [6, 6.07) is 7.04. The number of nitrogens with zero attached hydrogens (tertiary/aromatic N) is 1. The van der Waals surface area contributed by atoms with Crippen molar-refractivity contribution in [1.29, 1.82) is 0 Å². The molecule has 1 aliphatic rings. The minimum absolute atomic E-state index is 0.532. The van der Waals surface area contributed by atoms with Gasteiger partial charge in [-0.3, -0.25) is 5.43 Å². The highest BCUT2D eigenvalue weighted by atomic mass is 32.1. The Kier molecular flexibility index (Phi) is 8.84. The average molecular weight is 417 g/mol. The fourth-order valence-electron chi connectivity index (χ4n) is 4.31. The van der Waals surface area contributed by atoms with Gasteiger partial charge in [-0.1, -0.05) is 32.3 Å². The number of nitrogens with one attached hydrogen (secondary N) is 1. The molecule has 0 amide bonds. The Morgan fingerprint density at radius 1 is 1.14 bits per heavy atom. The third-order valence-corrected chi connectivity index (χ3v) is 6.66. The van der Waals surface area contributed by atoms with Crippen molar-refractivity contribution in [2.75, 3.05) is 27.3 Å². The second-order valence-electron chi connectivity index (χ2n) is 7.88. The van der Waals surface area contributed by atoms with Crippen molar-refractivity contribution in [3.8, 4) is 11.5 Å². The van der Waals surface area contributed by atoms with Crippen LogP contribution in [0.4, 0.5) is 0 Å². The highest BCUT2D eigenvalue weighted by Gasteiger charge is 2.27. The molecule has 0 aliphatic heterocycles. The Morgan fingerprint density at radius 2 is 2.03 bits per heavy atom. The third-order valence-electron chi connectivity index (χ3n) is 5.93. The molecule has 1 aromatic heterocycles. The van der Waals surface area contributed by atoms with Gasteiger partial charge in [0.05, 0.1) is 14.2 Å². The van der Waals surface area contributed by atoms with Crippen LogP contribution in [0.2, 0.25) is 0 Å². The van der Waals surface area contributed by atoms with Crippen LogP contribution in [0, 0.1) is 0 Å². The van der Waals surface area contributed by atoms with Crippen LogP contribution in [0.15, 0.2) is 29.0 Å². The average Bonchev–Trinajstić information content (AvgIpc) is 3.27. The van der Waals surface area contributed by atoms with Gasteiger partial charge < -0.3 is 9.47 Å². The molecule has 0 spiro atoms. The standard InChI is InChI=1S/C24H36N2O2S/c1-4-5-6-7-15-26(25-14-12-19-13-16-29-18-19)21-9-10-22-20(17-21)8-11-23(27-2)24(22)28-3/h8,11,13,16,18,21,25H,4-7,9-10,12,14-15,17H2,1-3H3. The summed E-state index contributed by atoms with van der Waals surface area (Å²) < 4.78 is 11.2. The predicted molar refractivity (Wildman–Crippen MR) is 122 cm³/mol. The first kappa shape index (κ1) is 22.1. The van der Waals surface area contributed by atoms with Crippen LogP contribution in [0.25, 0.3) is 0 Å². The second kappa shape index (κ2) is 11.6. The van der Waals surface area contributed by atoms with E-state index in [4.69, 9.17) is 9.47 Å². The molecular formula is C24H36N2O2S. The third kappa shape index (κ3) is 5.97. The molecular weight excluding hydrogens is 380 g/mol. The van der Waals surface area contributed by atoms with Crippen molar-refractivity contribution in [2.24, 2.45) is 0 Å². The van der Waals surface area contributed by atoms with Crippen molar-refractivity contribution in [3.63, 3.8) is 0 Å². The molecule has 29 heavy (non-hydrogen) atoms. The Morgan fingerprint density at radius 3 is 2.76 bits per heavy atom. The van der Waals surface area contributed by atoms with E-state index in [9.17, 15) is 0 Å². The van der Waals surface area contributed by atoms with E-state index >= 15 is 0 Å². The van der Waals surface area contributed by atoms with Crippen LogP contribution >= 0.6 is 11.3 Å². The van der Waals surface area contributed by atoms with E-state index in [0.717, 1.165) is 50.3 Å². The number of methoxy groups -OCH3 is 2. The summed E-state index contributed by atoms with van der Waals surface area (Å²) in [5, 5.41) is 6.95. The van der Waals surface area contributed by atoms with Gasteiger partial charge in [-0.25, -0.2) is 5.01 Å². The molecule has 0 radical (unpaired) electrons. The zero-order valence-electron chi connectivity index (χ0n) is 18.2. The largest absolute Gasteiger partial charge is 0.493 e. The van der Waals surface area contributed by atoms with E-state index in [1.54, 1.807) is 25.6 Å². The van der Waals surface area contributed by atoms with E-state index in [1.807, 2.05) is 0 Å². The Bertz CT molecular complexity index is 733. The molecule has 1 aromatic carbocycles. The summed E-state index contributed by atoms with van der Waals surface area (Å²) in [6.45, 7) is 4.40. The molecule has 1 atom stereocenters. The number of hydrazine groups is 1. The number of hydrogen-bond acceptors (Lipinski definition) is 5. The van der Waals surface area contributed by atoms with Crippen molar-refractivity contribution >= 4 is 11.3 Å². The highest BCUT2D eigenvalue weighted by Crippen LogP contribution is 2.38. The molecule has 160 valence electrons. The first-order chi connectivity index (χ1) is 14.3. The molecule has 2 aromatic rings. The highest BCUT2D eigenvalue weighted by molar-refractivity contribution is 7.07. The lowest BCUT2D eigenvalue weighted by Gasteiger charge is -2.36. The smallest absolute Gasteiger partial charge is 0.164 e. The topological polar surface area (TPSA) is 33.7 Å².